The summed E-state index contributed by atoms with van der Waals surface area (Å²) >= 11 is 6.00. The van der Waals surface area contributed by atoms with E-state index in [0.717, 1.165) is 45.7 Å². The van der Waals surface area contributed by atoms with Crippen molar-refractivity contribution in [3.05, 3.63) is 28.8 Å². The number of halogens is 1. The van der Waals surface area contributed by atoms with Crippen molar-refractivity contribution >= 4 is 23.2 Å². The number of nitrogens with two attached hydrogens (primary N) is 1. The van der Waals surface area contributed by atoms with Crippen LogP contribution in [0.15, 0.2) is 18.2 Å². The largest absolute Gasteiger partial charge is 0.384 e. The predicted octanol–water partition coefficient (Wildman–Crippen LogP) is 1.15. The van der Waals surface area contributed by atoms with Crippen LogP contribution in [0, 0.1) is 0 Å². The molecule has 0 bridgehead atoms. The van der Waals surface area contributed by atoms with Crippen LogP contribution in [0.2, 0.25) is 5.02 Å². The van der Waals surface area contributed by atoms with Crippen LogP contribution in [-0.2, 0) is 0 Å². The molecule has 0 saturated carbocycles. The van der Waals surface area contributed by atoms with Crippen LogP contribution in [0.3, 0.4) is 0 Å². The minimum atomic E-state index is -0.500. The zero-order valence-electron chi connectivity index (χ0n) is 11.5. The smallest absolute Gasteiger partial charge is 0.252 e. The van der Waals surface area contributed by atoms with E-state index in [9.17, 15) is 4.79 Å². The molecule has 0 aliphatic carbocycles. The number of anilines is 1. The molecule has 20 heavy (non-hydrogen) atoms. The number of nitrogens with one attached hydrogen (secondary N) is 2. The first-order valence-electron chi connectivity index (χ1n) is 6.94. The van der Waals surface area contributed by atoms with Crippen molar-refractivity contribution in [1.82, 2.24) is 10.2 Å². The fraction of sp³-hybridized carbons (Fsp3) is 0.500. The minimum Gasteiger partial charge on any atom is -0.384 e. The first-order valence-corrected chi connectivity index (χ1v) is 7.31. The van der Waals surface area contributed by atoms with Crippen LogP contribution in [0.25, 0.3) is 0 Å². The molecule has 1 aliphatic rings. The summed E-state index contributed by atoms with van der Waals surface area (Å²) in [6.07, 6.45) is 1.02. The number of nitrogens with zero attached hydrogens (tertiary/aromatic N) is 1. The second-order valence-electron chi connectivity index (χ2n) is 4.90. The molecule has 1 heterocycles. The van der Waals surface area contributed by atoms with Crippen LogP contribution in [0.5, 0.6) is 0 Å². The molecule has 0 radical (unpaired) electrons. The maximum absolute atomic E-state index is 11.4. The van der Waals surface area contributed by atoms with Crippen LogP contribution in [0.4, 0.5) is 5.69 Å². The van der Waals surface area contributed by atoms with Gasteiger partial charge in [0.2, 0.25) is 0 Å². The van der Waals surface area contributed by atoms with Gasteiger partial charge in [-0.15, -0.1) is 0 Å². The zero-order chi connectivity index (χ0) is 14.4. The minimum absolute atomic E-state index is 0.372. The lowest BCUT2D eigenvalue weighted by Crippen LogP contribution is -2.44. The number of primary amides is 1. The van der Waals surface area contributed by atoms with Gasteiger partial charge in [0.15, 0.2) is 0 Å². The highest BCUT2D eigenvalue weighted by atomic mass is 35.5. The van der Waals surface area contributed by atoms with Gasteiger partial charge < -0.3 is 21.3 Å². The van der Waals surface area contributed by atoms with E-state index in [2.05, 4.69) is 15.5 Å². The molecule has 0 atom stereocenters. The van der Waals surface area contributed by atoms with E-state index in [1.807, 2.05) is 12.1 Å². The number of rotatable bonds is 6. The van der Waals surface area contributed by atoms with Crippen molar-refractivity contribution < 1.29 is 4.79 Å². The Labute approximate surface area is 124 Å². The lowest BCUT2D eigenvalue weighted by molar-refractivity contribution is 0.100. The molecule has 1 amide bonds. The van der Waals surface area contributed by atoms with E-state index in [4.69, 9.17) is 17.3 Å². The quantitative estimate of drug-likeness (QED) is 0.689. The maximum atomic E-state index is 11.4. The molecule has 1 fully saturated rings. The van der Waals surface area contributed by atoms with Crippen molar-refractivity contribution in [3.63, 3.8) is 0 Å². The molecule has 6 heteroatoms. The first kappa shape index (κ1) is 15.1. The lowest BCUT2D eigenvalue weighted by Gasteiger charge is -2.27. The summed E-state index contributed by atoms with van der Waals surface area (Å²) in [5.41, 5.74) is 6.44. The Morgan fingerprint density at radius 3 is 2.85 bits per heavy atom. The van der Waals surface area contributed by atoms with Gasteiger partial charge in [-0.2, -0.15) is 0 Å². The topological polar surface area (TPSA) is 70.4 Å². The van der Waals surface area contributed by atoms with E-state index in [1.54, 1.807) is 6.07 Å². The normalized spacial score (nSPS) is 16.1. The van der Waals surface area contributed by atoms with Crippen LogP contribution in [-0.4, -0.2) is 50.1 Å². The number of carbonyl (C=O) groups is 1. The molecule has 1 saturated heterocycles. The second-order valence-corrected chi connectivity index (χ2v) is 5.31. The monoisotopic (exact) mass is 296 g/mol. The van der Waals surface area contributed by atoms with E-state index >= 15 is 0 Å². The summed E-state index contributed by atoms with van der Waals surface area (Å²) in [4.78, 5) is 13.8. The molecule has 0 unspecified atom stereocenters. The Hall–Kier alpha value is -1.30. The maximum Gasteiger partial charge on any atom is 0.252 e. The molecule has 1 aliphatic heterocycles. The first-order chi connectivity index (χ1) is 9.68. The summed E-state index contributed by atoms with van der Waals surface area (Å²) < 4.78 is 0. The number of amides is 1. The summed E-state index contributed by atoms with van der Waals surface area (Å²) in [6.45, 7) is 6.18. The SMILES string of the molecule is NC(=O)c1c(Cl)cccc1NCCCN1CCNCC1. The van der Waals surface area contributed by atoms with Gasteiger partial charge in [0.25, 0.3) is 5.91 Å². The highest BCUT2D eigenvalue weighted by Gasteiger charge is 2.12. The molecular formula is C14H21ClN4O. The zero-order valence-corrected chi connectivity index (χ0v) is 12.2. The van der Waals surface area contributed by atoms with Crippen molar-refractivity contribution in [2.24, 2.45) is 5.73 Å². The molecule has 5 nitrogen and oxygen atoms in total. The van der Waals surface area contributed by atoms with E-state index in [0.29, 0.717) is 16.3 Å². The third kappa shape index (κ3) is 4.10. The number of piperazine rings is 1. The Balaban J connectivity index is 1.82. The molecule has 1 aromatic rings. The second kappa shape index (κ2) is 7.47. The molecular weight excluding hydrogens is 276 g/mol. The van der Waals surface area contributed by atoms with Gasteiger partial charge in [-0.25, -0.2) is 0 Å². The van der Waals surface area contributed by atoms with Crippen molar-refractivity contribution in [2.45, 2.75) is 6.42 Å². The summed E-state index contributed by atoms with van der Waals surface area (Å²) in [7, 11) is 0. The molecule has 2 rings (SSSR count). The summed E-state index contributed by atoms with van der Waals surface area (Å²) in [6, 6.07) is 5.32. The van der Waals surface area contributed by atoms with Gasteiger partial charge in [0.1, 0.15) is 0 Å². The van der Waals surface area contributed by atoms with Gasteiger partial charge in [-0.05, 0) is 25.1 Å². The summed E-state index contributed by atoms with van der Waals surface area (Å²) in [5, 5.41) is 6.97. The predicted molar refractivity (Wildman–Crippen MR) is 82.4 cm³/mol. The molecule has 1 aromatic carbocycles. The van der Waals surface area contributed by atoms with Gasteiger partial charge >= 0.3 is 0 Å². The van der Waals surface area contributed by atoms with E-state index in [-0.39, 0.29) is 0 Å². The van der Waals surface area contributed by atoms with Gasteiger partial charge in [0.05, 0.1) is 10.6 Å². The van der Waals surface area contributed by atoms with Crippen molar-refractivity contribution in [3.8, 4) is 0 Å². The number of carbonyl (C=O) groups excluding carboxylic acids is 1. The molecule has 0 spiro atoms. The Bertz CT molecular complexity index is 460. The molecule has 0 aromatic heterocycles. The highest BCUT2D eigenvalue weighted by molar-refractivity contribution is 6.34. The van der Waals surface area contributed by atoms with E-state index < -0.39 is 5.91 Å². The van der Waals surface area contributed by atoms with Gasteiger partial charge in [-0.1, -0.05) is 17.7 Å². The lowest BCUT2D eigenvalue weighted by atomic mass is 10.1. The van der Waals surface area contributed by atoms with Gasteiger partial charge in [0, 0.05) is 38.4 Å². The fourth-order valence-corrected chi connectivity index (χ4v) is 2.65. The van der Waals surface area contributed by atoms with Gasteiger partial charge in [-0.3, -0.25) is 4.79 Å². The average molecular weight is 297 g/mol. The van der Waals surface area contributed by atoms with E-state index in [1.165, 1.54) is 0 Å². The highest BCUT2D eigenvalue weighted by Crippen LogP contribution is 2.23. The van der Waals surface area contributed by atoms with Crippen molar-refractivity contribution in [1.29, 1.82) is 0 Å². The standard InChI is InChI=1S/C14H21ClN4O/c15-11-3-1-4-12(13(11)14(16)20)18-5-2-8-19-9-6-17-7-10-19/h1,3-4,17-18H,2,5-10H2,(H2,16,20). The Morgan fingerprint density at radius 2 is 2.15 bits per heavy atom. The number of hydrogen-bond acceptors (Lipinski definition) is 4. The molecule has 110 valence electrons. The van der Waals surface area contributed by atoms with Crippen molar-refractivity contribution in [2.75, 3.05) is 44.6 Å². The van der Waals surface area contributed by atoms with Crippen LogP contribution >= 0.6 is 11.6 Å². The summed E-state index contributed by atoms with van der Waals surface area (Å²) in [5.74, 6) is -0.500. The third-order valence-electron chi connectivity index (χ3n) is 3.44. The third-order valence-corrected chi connectivity index (χ3v) is 3.75. The van der Waals surface area contributed by atoms with Crippen LogP contribution < -0.4 is 16.4 Å². The Kier molecular flexibility index (Phi) is 5.64. The molecule has 4 N–H and O–H groups in total. The van der Waals surface area contributed by atoms with Crippen LogP contribution in [0.1, 0.15) is 16.8 Å². The number of benzene rings is 1. The average Bonchev–Trinajstić information content (AvgIpc) is 2.44. The number of hydrogen-bond donors (Lipinski definition) is 3. The fourth-order valence-electron chi connectivity index (χ4n) is 2.38. The Morgan fingerprint density at radius 1 is 1.40 bits per heavy atom.